The van der Waals surface area contributed by atoms with E-state index in [1.807, 2.05) is 11.3 Å². The molecule has 2 N–H and O–H groups in total. The molecule has 2 unspecified atom stereocenters. The lowest BCUT2D eigenvalue weighted by Crippen LogP contribution is -2.33. The Labute approximate surface area is 120 Å². The molecule has 0 bridgehead atoms. The first-order chi connectivity index (χ1) is 9.17. The Kier molecular flexibility index (Phi) is 4.97. The molecule has 0 amide bonds. The highest BCUT2D eigenvalue weighted by Crippen LogP contribution is 2.32. The Hall–Kier alpha value is -0.900. The van der Waals surface area contributed by atoms with Crippen LogP contribution < -0.4 is 5.73 Å². The van der Waals surface area contributed by atoms with Gasteiger partial charge in [-0.1, -0.05) is 38.5 Å². The van der Waals surface area contributed by atoms with Gasteiger partial charge in [0.1, 0.15) is 0 Å². The fourth-order valence-corrected chi connectivity index (χ4v) is 3.56. The lowest BCUT2D eigenvalue weighted by Gasteiger charge is -2.29. The van der Waals surface area contributed by atoms with Gasteiger partial charge < -0.3 is 5.73 Å². The maximum atomic E-state index is 6.04. The van der Waals surface area contributed by atoms with Gasteiger partial charge in [0.15, 0.2) is 0 Å². The molecule has 1 heterocycles. The van der Waals surface area contributed by atoms with Crippen LogP contribution in [-0.4, -0.2) is 25.0 Å². The smallest absolute Gasteiger partial charge is 0.0481 e. The first-order valence-electron chi connectivity index (χ1n) is 7.03. The van der Waals surface area contributed by atoms with Gasteiger partial charge in [-0.2, -0.15) is 0 Å². The molecule has 0 saturated heterocycles. The zero-order valence-electron chi connectivity index (χ0n) is 12.1. The summed E-state index contributed by atoms with van der Waals surface area (Å²) in [6.07, 6.45) is 1.21. The highest BCUT2D eigenvalue weighted by molar-refractivity contribution is 7.17. The summed E-state index contributed by atoms with van der Waals surface area (Å²) in [6.45, 7) is 6.32. The van der Waals surface area contributed by atoms with Gasteiger partial charge in [0.2, 0.25) is 0 Å². The summed E-state index contributed by atoms with van der Waals surface area (Å²) in [7, 11) is 2.19. The minimum atomic E-state index is 0.324. The summed E-state index contributed by atoms with van der Waals surface area (Å²) in [5, 5.41) is 3.63. The number of nitrogens with zero attached hydrogens (tertiary/aromatic N) is 1. The van der Waals surface area contributed by atoms with E-state index < -0.39 is 0 Å². The molecule has 0 radical (unpaired) electrons. The Morgan fingerprint density at radius 1 is 1.32 bits per heavy atom. The average Bonchev–Trinajstić information content (AvgIpc) is 2.84. The number of hydrogen-bond donors (Lipinski definition) is 1. The van der Waals surface area contributed by atoms with Crippen LogP contribution in [0.4, 0.5) is 0 Å². The van der Waals surface area contributed by atoms with Crippen molar-refractivity contribution in [1.29, 1.82) is 0 Å². The third-order valence-corrected chi connectivity index (χ3v) is 4.90. The topological polar surface area (TPSA) is 29.3 Å². The summed E-state index contributed by atoms with van der Waals surface area (Å²) in [6, 6.07) is 8.93. The molecule has 2 nitrogen and oxygen atoms in total. The lowest BCUT2D eigenvalue weighted by atomic mass is 10.0. The molecule has 2 rings (SSSR count). The number of benzene rings is 1. The molecule has 0 saturated carbocycles. The maximum absolute atomic E-state index is 6.04. The number of thiophene rings is 1. The molecule has 0 aliphatic carbocycles. The second-order valence-corrected chi connectivity index (χ2v) is 6.30. The van der Waals surface area contributed by atoms with E-state index in [0.29, 0.717) is 18.5 Å². The van der Waals surface area contributed by atoms with Gasteiger partial charge in [-0.25, -0.2) is 0 Å². The van der Waals surface area contributed by atoms with Crippen molar-refractivity contribution in [1.82, 2.24) is 4.90 Å². The van der Waals surface area contributed by atoms with Gasteiger partial charge >= 0.3 is 0 Å². The maximum Gasteiger partial charge on any atom is 0.0481 e. The van der Waals surface area contributed by atoms with Crippen LogP contribution in [0, 0.1) is 5.92 Å². The van der Waals surface area contributed by atoms with Crippen LogP contribution in [-0.2, 0) is 0 Å². The van der Waals surface area contributed by atoms with Gasteiger partial charge in [0.05, 0.1) is 0 Å². The molecule has 0 spiro atoms. The van der Waals surface area contributed by atoms with Crippen molar-refractivity contribution in [3.63, 3.8) is 0 Å². The zero-order valence-corrected chi connectivity index (χ0v) is 12.9. The molecule has 0 fully saturated rings. The SMILES string of the molecule is CCC(C)CN(C)C(CN)c1csc2ccccc12. The third kappa shape index (κ3) is 3.16. The summed E-state index contributed by atoms with van der Waals surface area (Å²) in [4.78, 5) is 2.41. The van der Waals surface area contributed by atoms with E-state index in [-0.39, 0.29) is 0 Å². The summed E-state index contributed by atoms with van der Waals surface area (Å²) in [5.41, 5.74) is 7.42. The van der Waals surface area contributed by atoms with E-state index in [9.17, 15) is 0 Å². The van der Waals surface area contributed by atoms with E-state index in [4.69, 9.17) is 5.73 Å². The van der Waals surface area contributed by atoms with Gasteiger partial charge in [0, 0.05) is 23.8 Å². The standard InChI is InChI=1S/C16H24N2S/c1-4-12(2)10-18(3)15(9-17)14-11-19-16-8-6-5-7-13(14)16/h5-8,11-12,15H,4,9-10,17H2,1-3H3. The Morgan fingerprint density at radius 3 is 2.74 bits per heavy atom. The van der Waals surface area contributed by atoms with Gasteiger partial charge in [0.25, 0.3) is 0 Å². The second-order valence-electron chi connectivity index (χ2n) is 5.39. The highest BCUT2D eigenvalue weighted by Gasteiger charge is 2.19. The molecule has 0 aliphatic rings. The molecule has 1 aromatic heterocycles. The molecule has 2 aromatic rings. The second kappa shape index (κ2) is 6.51. The van der Waals surface area contributed by atoms with Gasteiger partial charge in [-0.05, 0) is 35.4 Å². The Bertz CT molecular complexity index is 520. The number of fused-ring (bicyclic) bond motifs is 1. The van der Waals surface area contributed by atoms with Gasteiger partial charge in [-0.3, -0.25) is 4.90 Å². The van der Waals surface area contributed by atoms with Crippen LogP contribution in [0.1, 0.15) is 31.9 Å². The summed E-state index contributed by atoms with van der Waals surface area (Å²) in [5.74, 6) is 0.712. The number of hydrogen-bond acceptors (Lipinski definition) is 3. The summed E-state index contributed by atoms with van der Waals surface area (Å²) >= 11 is 1.82. The third-order valence-electron chi connectivity index (χ3n) is 3.92. The van der Waals surface area contributed by atoms with Crippen molar-refractivity contribution in [3.8, 4) is 0 Å². The lowest BCUT2D eigenvalue weighted by molar-refractivity contribution is 0.216. The minimum Gasteiger partial charge on any atom is -0.329 e. The van der Waals surface area contributed by atoms with Crippen molar-refractivity contribution >= 4 is 21.4 Å². The molecule has 19 heavy (non-hydrogen) atoms. The Balaban J connectivity index is 2.26. The largest absolute Gasteiger partial charge is 0.329 e. The van der Waals surface area contributed by atoms with Crippen molar-refractivity contribution < 1.29 is 0 Å². The van der Waals surface area contributed by atoms with Crippen LogP contribution in [0.5, 0.6) is 0 Å². The molecule has 1 aromatic carbocycles. The fourth-order valence-electron chi connectivity index (χ4n) is 2.55. The van der Waals surface area contributed by atoms with E-state index >= 15 is 0 Å². The first-order valence-corrected chi connectivity index (χ1v) is 7.91. The van der Waals surface area contributed by atoms with Crippen LogP contribution in [0.3, 0.4) is 0 Å². The number of rotatable bonds is 6. The molecular weight excluding hydrogens is 252 g/mol. The molecular formula is C16H24N2S. The van der Waals surface area contributed by atoms with Crippen molar-refractivity contribution in [2.24, 2.45) is 11.7 Å². The average molecular weight is 276 g/mol. The number of likely N-dealkylation sites (N-methyl/N-ethyl adjacent to an activating group) is 1. The number of nitrogens with two attached hydrogens (primary N) is 1. The first kappa shape index (κ1) is 14.5. The van der Waals surface area contributed by atoms with E-state index in [0.717, 1.165) is 6.54 Å². The quantitative estimate of drug-likeness (QED) is 0.867. The van der Waals surface area contributed by atoms with Crippen molar-refractivity contribution in [2.75, 3.05) is 20.1 Å². The zero-order chi connectivity index (χ0) is 13.8. The predicted octanol–water partition coefficient (Wildman–Crippen LogP) is 3.88. The van der Waals surface area contributed by atoms with Crippen molar-refractivity contribution in [2.45, 2.75) is 26.3 Å². The fraction of sp³-hybridized carbons (Fsp3) is 0.500. The van der Waals surface area contributed by atoms with E-state index in [2.05, 4.69) is 55.4 Å². The van der Waals surface area contributed by atoms with Crippen LogP contribution in [0.2, 0.25) is 0 Å². The van der Waals surface area contributed by atoms with E-state index in [1.54, 1.807) is 0 Å². The summed E-state index contributed by atoms with van der Waals surface area (Å²) < 4.78 is 1.35. The minimum absolute atomic E-state index is 0.324. The normalized spacial score (nSPS) is 15.0. The van der Waals surface area contributed by atoms with Crippen molar-refractivity contribution in [3.05, 3.63) is 35.2 Å². The molecule has 104 valence electrons. The molecule has 3 heteroatoms. The predicted molar refractivity (Wildman–Crippen MR) is 85.7 cm³/mol. The van der Waals surface area contributed by atoms with Crippen LogP contribution >= 0.6 is 11.3 Å². The van der Waals surface area contributed by atoms with E-state index in [1.165, 1.54) is 22.1 Å². The Morgan fingerprint density at radius 2 is 2.05 bits per heavy atom. The van der Waals surface area contributed by atoms with Crippen LogP contribution in [0.25, 0.3) is 10.1 Å². The van der Waals surface area contributed by atoms with Gasteiger partial charge in [-0.15, -0.1) is 11.3 Å². The van der Waals surface area contributed by atoms with Crippen LogP contribution in [0.15, 0.2) is 29.6 Å². The monoisotopic (exact) mass is 276 g/mol. The molecule has 0 aliphatic heterocycles. The molecule has 2 atom stereocenters. The highest BCUT2D eigenvalue weighted by atomic mass is 32.1.